The minimum Gasteiger partial charge on any atom is -0.324 e. The summed E-state index contributed by atoms with van der Waals surface area (Å²) in [7, 11) is 0. The van der Waals surface area contributed by atoms with Crippen LogP contribution in [0.3, 0.4) is 0 Å². The van der Waals surface area contributed by atoms with Gasteiger partial charge in [0, 0.05) is 18.9 Å². The van der Waals surface area contributed by atoms with Gasteiger partial charge < -0.3 is 5.32 Å². The largest absolute Gasteiger partial charge is 0.324 e. The molecule has 0 fully saturated rings. The van der Waals surface area contributed by atoms with Crippen molar-refractivity contribution in [3.8, 4) is 0 Å². The first-order valence-corrected chi connectivity index (χ1v) is 9.68. The molecule has 0 aliphatic heterocycles. The third kappa shape index (κ3) is 4.84. The monoisotopic (exact) mass is 575 g/mol. The quantitative estimate of drug-likeness (QED) is 0.403. The van der Waals surface area contributed by atoms with E-state index in [0.717, 1.165) is 18.1 Å². The molecule has 1 amide bonds. The highest BCUT2D eigenvalue weighted by Gasteiger charge is 2.12. The van der Waals surface area contributed by atoms with Gasteiger partial charge in [-0.25, -0.2) is 0 Å². The van der Waals surface area contributed by atoms with Crippen LogP contribution in [0.15, 0.2) is 39.3 Å². The van der Waals surface area contributed by atoms with Crippen molar-refractivity contribution in [1.82, 2.24) is 0 Å². The highest BCUT2D eigenvalue weighted by atomic mass is 127. The lowest BCUT2D eigenvalue weighted by Crippen LogP contribution is -2.13. The number of halogens is 5. The van der Waals surface area contributed by atoms with E-state index in [0.29, 0.717) is 28.6 Å². The summed E-state index contributed by atoms with van der Waals surface area (Å²) in [5, 5.41) is 3.62. The van der Waals surface area contributed by atoms with Gasteiger partial charge >= 0.3 is 0 Å². The molecule has 0 saturated carbocycles. The molecule has 2 nitrogen and oxygen atoms in total. The van der Waals surface area contributed by atoms with E-state index in [-0.39, 0.29) is 5.91 Å². The van der Waals surface area contributed by atoms with Crippen molar-refractivity contribution in [2.24, 2.45) is 0 Å². The normalized spacial score (nSPS) is 10.6. The predicted octanol–water partition coefficient (Wildman–Crippen LogP) is 6.69. The Bertz CT molecular complexity index is 681. The average Bonchev–Trinajstić information content (AvgIpc) is 2.42. The lowest BCUT2D eigenvalue weighted by Gasteiger charge is -2.11. The van der Waals surface area contributed by atoms with E-state index < -0.39 is 0 Å². The molecular weight excluding hydrogens is 568 g/mol. The van der Waals surface area contributed by atoms with Gasteiger partial charge in [0.25, 0.3) is 0 Å². The highest BCUT2D eigenvalue weighted by Crippen LogP contribution is 2.31. The smallest absolute Gasteiger partial charge is 0.224 e. The van der Waals surface area contributed by atoms with E-state index in [4.69, 9.17) is 23.2 Å². The summed E-state index contributed by atoms with van der Waals surface area (Å²) in [5.74, 6) is -0.132. The molecule has 116 valence electrons. The SMILES string of the molecule is O=C(CCc1c(Br)cc(I)cc1Br)Nc1c(Cl)cccc1Cl. The number of hydrogen-bond donors (Lipinski definition) is 1. The molecule has 2 rings (SSSR count). The molecule has 0 atom stereocenters. The molecule has 0 saturated heterocycles. The average molecular weight is 578 g/mol. The molecule has 0 aromatic heterocycles. The summed E-state index contributed by atoms with van der Waals surface area (Å²) in [6.45, 7) is 0. The number of benzene rings is 2. The fraction of sp³-hybridized carbons (Fsp3) is 0.133. The number of hydrogen-bond acceptors (Lipinski definition) is 1. The molecule has 2 aromatic rings. The molecule has 0 aliphatic carbocycles. The molecule has 0 radical (unpaired) electrons. The first kappa shape index (κ1) is 18.5. The number of carbonyl (C=O) groups excluding carboxylic acids is 1. The summed E-state index contributed by atoms with van der Waals surface area (Å²) >= 11 is 21.4. The van der Waals surface area contributed by atoms with Crippen molar-refractivity contribution >= 4 is 89.2 Å². The minimum absolute atomic E-state index is 0.132. The van der Waals surface area contributed by atoms with Gasteiger partial charge in [-0.15, -0.1) is 0 Å². The second-order valence-electron chi connectivity index (χ2n) is 4.49. The maximum atomic E-state index is 12.1. The summed E-state index contributed by atoms with van der Waals surface area (Å²) in [6.07, 6.45) is 0.936. The first-order valence-electron chi connectivity index (χ1n) is 6.25. The van der Waals surface area contributed by atoms with Crippen LogP contribution in [-0.4, -0.2) is 5.91 Å². The van der Waals surface area contributed by atoms with E-state index in [1.54, 1.807) is 18.2 Å². The standard InChI is InChI=1S/C15H10Br2Cl2INO/c16-10-6-8(20)7-11(17)9(10)4-5-14(22)21-15-12(18)2-1-3-13(15)19/h1-3,6-7H,4-5H2,(H,21,22). The molecule has 0 aliphatic rings. The van der Waals surface area contributed by atoms with Crippen LogP contribution in [0.1, 0.15) is 12.0 Å². The molecule has 0 unspecified atom stereocenters. The molecule has 0 heterocycles. The minimum atomic E-state index is -0.132. The Kier molecular flexibility index (Phi) is 7.01. The van der Waals surface area contributed by atoms with Crippen molar-refractivity contribution in [2.45, 2.75) is 12.8 Å². The third-order valence-corrected chi connectivity index (χ3v) is 5.60. The van der Waals surface area contributed by atoms with E-state index >= 15 is 0 Å². The Morgan fingerprint density at radius 1 is 1.14 bits per heavy atom. The van der Waals surface area contributed by atoms with Crippen LogP contribution in [0, 0.1) is 3.57 Å². The van der Waals surface area contributed by atoms with Crippen LogP contribution in [0.2, 0.25) is 10.0 Å². The van der Waals surface area contributed by atoms with Crippen LogP contribution >= 0.6 is 77.7 Å². The van der Waals surface area contributed by atoms with Gasteiger partial charge in [-0.05, 0) is 58.8 Å². The summed E-state index contributed by atoms with van der Waals surface area (Å²) < 4.78 is 3.08. The van der Waals surface area contributed by atoms with E-state index in [9.17, 15) is 4.79 Å². The van der Waals surface area contributed by atoms with E-state index in [1.165, 1.54) is 0 Å². The Hall–Kier alpha value is 0.180. The topological polar surface area (TPSA) is 29.1 Å². The van der Waals surface area contributed by atoms with Gasteiger partial charge in [0.15, 0.2) is 0 Å². The van der Waals surface area contributed by atoms with Crippen LogP contribution in [-0.2, 0) is 11.2 Å². The lowest BCUT2D eigenvalue weighted by molar-refractivity contribution is -0.116. The van der Waals surface area contributed by atoms with Gasteiger partial charge in [-0.2, -0.15) is 0 Å². The van der Waals surface area contributed by atoms with E-state index in [1.807, 2.05) is 12.1 Å². The van der Waals surface area contributed by atoms with Crippen molar-refractivity contribution in [1.29, 1.82) is 0 Å². The lowest BCUT2D eigenvalue weighted by atomic mass is 10.1. The maximum Gasteiger partial charge on any atom is 0.224 e. The van der Waals surface area contributed by atoms with Crippen LogP contribution < -0.4 is 5.32 Å². The Labute approximate surface area is 169 Å². The summed E-state index contributed by atoms with van der Waals surface area (Å²) in [5.41, 5.74) is 1.51. The zero-order valence-corrected chi connectivity index (χ0v) is 17.9. The van der Waals surface area contributed by atoms with Crippen LogP contribution in [0.25, 0.3) is 0 Å². The van der Waals surface area contributed by atoms with Gasteiger partial charge in [0.05, 0.1) is 15.7 Å². The van der Waals surface area contributed by atoms with Gasteiger partial charge in [-0.1, -0.05) is 61.1 Å². The number of nitrogens with one attached hydrogen (secondary N) is 1. The Morgan fingerprint density at radius 2 is 1.68 bits per heavy atom. The molecule has 7 heteroatoms. The first-order chi connectivity index (χ1) is 10.4. The zero-order valence-electron chi connectivity index (χ0n) is 11.1. The second-order valence-corrected chi connectivity index (χ2v) is 8.26. The Balaban J connectivity index is 2.05. The fourth-order valence-electron chi connectivity index (χ4n) is 1.87. The number of anilines is 1. The van der Waals surface area contributed by atoms with Crippen molar-refractivity contribution in [2.75, 3.05) is 5.32 Å². The number of para-hydroxylation sites is 1. The van der Waals surface area contributed by atoms with Crippen LogP contribution in [0.5, 0.6) is 0 Å². The number of amides is 1. The molecule has 22 heavy (non-hydrogen) atoms. The number of rotatable bonds is 4. The second kappa shape index (κ2) is 8.33. The third-order valence-electron chi connectivity index (χ3n) is 2.94. The Morgan fingerprint density at radius 3 is 2.23 bits per heavy atom. The summed E-state index contributed by atoms with van der Waals surface area (Å²) in [4.78, 5) is 12.1. The van der Waals surface area contributed by atoms with Crippen molar-refractivity contribution < 1.29 is 4.79 Å². The predicted molar refractivity (Wildman–Crippen MR) is 108 cm³/mol. The number of carbonyl (C=O) groups is 1. The fourth-order valence-corrected chi connectivity index (χ4v) is 5.42. The summed E-state index contributed by atoms with van der Waals surface area (Å²) in [6, 6.07) is 9.15. The van der Waals surface area contributed by atoms with Gasteiger partial charge in [-0.3, -0.25) is 4.79 Å². The van der Waals surface area contributed by atoms with Gasteiger partial charge in [0.1, 0.15) is 0 Å². The molecule has 2 aromatic carbocycles. The van der Waals surface area contributed by atoms with Crippen LogP contribution in [0.4, 0.5) is 5.69 Å². The molecule has 0 bridgehead atoms. The van der Waals surface area contributed by atoms with Crippen molar-refractivity contribution in [3.05, 3.63) is 58.5 Å². The molecule has 0 spiro atoms. The van der Waals surface area contributed by atoms with E-state index in [2.05, 4.69) is 59.8 Å². The highest BCUT2D eigenvalue weighted by molar-refractivity contribution is 14.1. The zero-order chi connectivity index (χ0) is 16.3. The maximum absolute atomic E-state index is 12.1. The molecular formula is C15H10Br2Cl2INO. The van der Waals surface area contributed by atoms with Crippen molar-refractivity contribution in [3.63, 3.8) is 0 Å². The molecule has 1 N–H and O–H groups in total. The van der Waals surface area contributed by atoms with Gasteiger partial charge in [0.2, 0.25) is 5.91 Å².